The molecule has 3 N–H and O–H groups in total. The van der Waals surface area contributed by atoms with Gasteiger partial charge in [-0.15, -0.1) is 0 Å². The lowest BCUT2D eigenvalue weighted by molar-refractivity contribution is 0.0920. The summed E-state index contributed by atoms with van der Waals surface area (Å²) in [6, 6.07) is 6.32. The Labute approximate surface area is 150 Å². The smallest absolute Gasteiger partial charge is 0.254 e. The third-order valence-corrected chi connectivity index (χ3v) is 5.18. The average Bonchev–Trinajstić information content (AvgIpc) is 3.02. The van der Waals surface area contributed by atoms with E-state index >= 15 is 0 Å². The standard InChI is InChI=1S/C17H18FN3O4S/c18-15-2-1-13(26(19,23)24)8-14(15)17(22)21-16-10-25-9-12(16)7-11-3-5-20-6-4-11/h1-6,8,12,16H,7,9-10H2,(H,21,22)(H2,19,23,24)/t12-,16+/m1/s1. The highest BCUT2D eigenvalue weighted by atomic mass is 32.2. The predicted octanol–water partition coefficient (Wildman–Crippen LogP) is 0.856. The summed E-state index contributed by atoms with van der Waals surface area (Å²) in [5, 5.41) is 7.77. The van der Waals surface area contributed by atoms with Crippen LogP contribution in [0.15, 0.2) is 47.6 Å². The number of nitrogens with one attached hydrogen (secondary N) is 1. The van der Waals surface area contributed by atoms with Crippen molar-refractivity contribution in [3.05, 3.63) is 59.7 Å². The van der Waals surface area contributed by atoms with E-state index in [2.05, 4.69) is 10.3 Å². The lowest BCUT2D eigenvalue weighted by Crippen LogP contribution is -2.41. The van der Waals surface area contributed by atoms with Crippen molar-refractivity contribution in [3.63, 3.8) is 0 Å². The molecule has 2 aromatic rings. The molecular weight excluding hydrogens is 361 g/mol. The molecule has 9 heteroatoms. The molecule has 138 valence electrons. The maximum atomic E-state index is 14.0. The summed E-state index contributed by atoms with van der Waals surface area (Å²) >= 11 is 0. The Morgan fingerprint density at radius 3 is 2.69 bits per heavy atom. The van der Waals surface area contributed by atoms with Crippen molar-refractivity contribution in [1.82, 2.24) is 10.3 Å². The summed E-state index contributed by atoms with van der Waals surface area (Å²) in [7, 11) is -4.03. The molecule has 0 unspecified atom stereocenters. The zero-order valence-corrected chi connectivity index (χ0v) is 14.6. The van der Waals surface area contributed by atoms with E-state index in [1.807, 2.05) is 12.1 Å². The van der Waals surface area contributed by atoms with Gasteiger partial charge in [0.15, 0.2) is 0 Å². The first-order valence-electron chi connectivity index (χ1n) is 7.94. The van der Waals surface area contributed by atoms with Gasteiger partial charge < -0.3 is 10.1 Å². The highest BCUT2D eigenvalue weighted by Crippen LogP contribution is 2.20. The third-order valence-electron chi connectivity index (χ3n) is 4.27. The molecule has 0 bridgehead atoms. The monoisotopic (exact) mass is 379 g/mol. The lowest BCUT2D eigenvalue weighted by atomic mass is 9.95. The first kappa shape index (κ1) is 18.4. The molecule has 3 rings (SSSR count). The molecule has 1 aliphatic rings. The second-order valence-electron chi connectivity index (χ2n) is 6.12. The van der Waals surface area contributed by atoms with Crippen LogP contribution < -0.4 is 10.5 Å². The van der Waals surface area contributed by atoms with Gasteiger partial charge in [0.05, 0.1) is 29.7 Å². The van der Waals surface area contributed by atoms with Crippen molar-refractivity contribution in [2.75, 3.05) is 13.2 Å². The molecule has 1 aromatic carbocycles. The van der Waals surface area contributed by atoms with Crippen LogP contribution in [0.25, 0.3) is 0 Å². The predicted molar refractivity (Wildman–Crippen MR) is 91.3 cm³/mol. The molecule has 26 heavy (non-hydrogen) atoms. The van der Waals surface area contributed by atoms with Crippen molar-refractivity contribution in [3.8, 4) is 0 Å². The van der Waals surface area contributed by atoms with E-state index in [4.69, 9.17) is 9.88 Å². The molecule has 2 atom stereocenters. The van der Waals surface area contributed by atoms with Crippen LogP contribution in [-0.4, -0.2) is 38.6 Å². The Bertz CT molecular complexity index is 905. The number of nitrogens with two attached hydrogens (primary N) is 1. The molecule has 7 nitrogen and oxygen atoms in total. The van der Waals surface area contributed by atoms with E-state index in [0.29, 0.717) is 19.6 Å². The Morgan fingerprint density at radius 1 is 1.27 bits per heavy atom. The van der Waals surface area contributed by atoms with Crippen LogP contribution in [0.5, 0.6) is 0 Å². The molecule has 1 aliphatic heterocycles. The quantitative estimate of drug-likeness (QED) is 0.800. The number of nitrogens with zero attached hydrogens (tertiary/aromatic N) is 1. The number of hydrogen-bond donors (Lipinski definition) is 2. The Balaban J connectivity index is 1.75. The minimum atomic E-state index is -4.03. The number of halogens is 1. The topological polar surface area (TPSA) is 111 Å². The second-order valence-corrected chi connectivity index (χ2v) is 7.69. The number of rotatable bonds is 5. The molecule has 0 aliphatic carbocycles. The van der Waals surface area contributed by atoms with E-state index in [1.54, 1.807) is 12.4 Å². The number of carbonyl (C=O) groups is 1. The summed E-state index contributed by atoms with van der Waals surface area (Å²) in [5.74, 6) is -1.51. The van der Waals surface area contributed by atoms with Gasteiger partial charge in [0.1, 0.15) is 5.82 Å². The molecule has 1 amide bonds. The largest absolute Gasteiger partial charge is 0.379 e. The normalized spacial score (nSPS) is 20.1. The van der Waals surface area contributed by atoms with E-state index in [-0.39, 0.29) is 22.4 Å². The van der Waals surface area contributed by atoms with Crippen LogP contribution >= 0.6 is 0 Å². The molecule has 0 spiro atoms. The fraction of sp³-hybridized carbons (Fsp3) is 0.294. The van der Waals surface area contributed by atoms with E-state index in [0.717, 1.165) is 23.8 Å². The summed E-state index contributed by atoms with van der Waals surface area (Å²) in [5.41, 5.74) is 0.684. The van der Waals surface area contributed by atoms with Gasteiger partial charge in [-0.25, -0.2) is 17.9 Å². The van der Waals surface area contributed by atoms with Gasteiger partial charge in [-0.3, -0.25) is 9.78 Å². The lowest BCUT2D eigenvalue weighted by Gasteiger charge is -2.19. The van der Waals surface area contributed by atoms with E-state index in [1.165, 1.54) is 0 Å². The van der Waals surface area contributed by atoms with Gasteiger partial charge >= 0.3 is 0 Å². The minimum absolute atomic E-state index is 0.0193. The maximum absolute atomic E-state index is 14.0. The summed E-state index contributed by atoms with van der Waals surface area (Å²) in [6.45, 7) is 0.769. The first-order chi connectivity index (χ1) is 12.3. The number of primary sulfonamides is 1. The molecule has 1 fully saturated rings. The fourth-order valence-corrected chi connectivity index (χ4v) is 3.42. The van der Waals surface area contributed by atoms with Crippen molar-refractivity contribution in [1.29, 1.82) is 0 Å². The minimum Gasteiger partial charge on any atom is -0.379 e. The fourth-order valence-electron chi connectivity index (χ4n) is 2.88. The number of aromatic nitrogens is 1. The van der Waals surface area contributed by atoms with Crippen LogP contribution in [-0.2, 0) is 21.2 Å². The third kappa shape index (κ3) is 4.24. The molecule has 2 heterocycles. The average molecular weight is 379 g/mol. The van der Waals surface area contributed by atoms with Crippen LogP contribution in [0, 0.1) is 11.7 Å². The van der Waals surface area contributed by atoms with Gasteiger partial charge in [-0.1, -0.05) is 0 Å². The molecule has 1 saturated heterocycles. The van der Waals surface area contributed by atoms with E-state index in [9.17, 15) is 17.6 Å². The number of sulfonamides is 1. The van der Waals surface area contributed by atoms with Crippen LogP contribution in [0.4, 0.5) is 4.39 Å². The number of hydrogen-bond acceptors (Lipinski definition) is 5. The maximum Gasteiger partial charge on any atom is 0.254 e. The summed E-state index contributed by atoms with van der Waals surface area (Å²) < 4.78 is 42.3. The number of pyridine rings is 1. The zero-order valence-electron chi connectivity index (χ0n) is 13.8. The summed E-state index contributed by atoms with van der Waals surface area (Å²) in [4.78, 5) is 16.1. The Kier molecular flexibility index (Phi) is 5.30. The number of benzene rings is 1. The first-order valence-corrected chi connectivity index (χ1v) is 9.49. The van der Waals surface area contributed by atoms with Gasteiger partial charge in [0.2, 0.25) is 10.0 Å². The van der Waals surface area contributed by atoms with Crippen molar-refractivity contribution in [2.45, 2.75) is 17.4 Å². The van der Waals surface area contributed by atoms with Crippen molar-refractivity contribution < 1.29 is 22.3 Å². The Hall–Kier alpha value is -2.36. The van der Waals surface area contributed by atoms with E-state index < -0.39 is 21.7 Å². The number of ether oxygens (including phenoxy) is 1. The number of amides is 1. The zero-order chi connectivity index (χ0) is 18.7. The molecule has 0 saturated carbocycles. The van der Waals surface area contributed by atoms with Gasteiger partial charge in [0.25, 0.3) is 5.91 Å². The molecule has 0 radical (unpaired) electrons. The van der Waals surface area contributed by atoms with Gasteiger partial charge in [-0.2, -0.15) is 0 Å². The highest BCUT2D eigenvalue weighted by molar-refractivity contribution is 7.89. The van der Waals surface area contributed by atoms with Crippen LogP contribution in [0.1, 0.15) is 15.9 Å². The Morgan fingerprint density at radius 2 is 2.00 bits per heavy atom. The van der Waals surface area contributed by atoms with Crippen LogP contribution in [0.3, 0.4) is 0 Å². The highest BCUT2D eigenvalue weighted by Gasteiger charge is 2.30. The SMILES string of the molecule is NS(=O)(=O)c1ccc(F)c(C(=O)N[C@H]2COC[C@H]2Cc2ccncc2)c1. The second kappa shape index (κ2) is 7.48. The molecule has 1 aromatic heterocycles. The van der Waals surface area contributed by atoms with Crippen LogP contribution in [0.2, 0.25) is 0 Å². The van der Waals surface area contributed by atoms with Crippen molar-refractivity contribution >= 4 is 15.9 Å². The van der Waals surface area contributed by atoms with Crippen molar-refractivity contribution in [2.24, 2.45) is 11.1 Å². The summed E-state index contributed by atoms with van der Waals surface area (Å²) in [6.07, 6.45) is 4.05. The van der Waals surface area contributed by atoms with Gasteiger partial charge in [0, 0.05) is 18.3 Å². The molecular formula is C17H18FN3O4S. The van der Waals surface area contributed by atoms with Gasteiger partial charge in [-0.05, 0) is 42.3 Å². The number of carbonyl (C=O) groups excluding carboxylic acids is 1.